The van der Waals surface area contributed by atoms with E-state index in [1.54, 1.807) is 6.20 Å². The van der Waals surface area contributed by atoms with Crippen LogP contribution < -0.4 is 10.5 Å². The predicted molar refractivity (Wildman–Crippen MR) is 89.7 cm³/mol. The zero-order valence-electron chi connectivity index (χ0n) is 12.6. The Labute approximate surface area is 131 Å². The van der Waals surface area contributed by atoms with Crippen molar-refractivity contribution in [1.29, 1.82) is 0 Å². The van der Waals surface area contributed by atoms with Crippen molar-refractivity contribution in [2.45, 2.75) is 33.3 Å². The molecular formula is C17H20N2OS. The molecule has 0 amide bonds. The normalized spacial score (nSPS) is 10.7. The number of hydrogen-bond acceptors (Lipinski definition) is 3. The second-order valence-electron chi connectivity index (χ2n) is 5.36. The van der Waals surface area contributed by atoms with Crippen LogP contribution in [0.4, 0.5) is 0 Å². The van der Waals surface area contributed by atoms with E-state index in [-0.39, 0.29) is 0 Å². The lowest BCUT2D eigenvalue weighted by molar-refractivity contribution is 0.301. The largest absolute Gasteiger partial charge is 0.489 e. The Bertz CT molecular complexity index is 653. The lowest BCUT2D eigenvalue weighted by atomic mass is 10.0. The Morgan fingerprint density at radius 1 is 1.33 bits per heavy atom. The van der Waals surface area contributed by atoms with E-state index in [4.69, 9.17) is 22.7 Å². The molecule has 0 aliphatic carbocycles. The molecule has 1 aromatic carbocycles. The van der Waals surface area contributed by atoms with Gasteiger partial charge in [-0.15, -0.1) is 0 Å². The number of nitrogens with two attached hydrogens (primary N) is 1. The summed E-state index contributed by atoms with van der Waals surface area (Å²) >= 11 is 5.03. The molecule has 0 spiro atoms. The third-order valence-electron chi connectivity index (χ3n) is 3.30. The Hall–Kier alpha value is -1.94. The number of benzene rings is 1. The average molecular weight is 300 g/mol. The van der Waals surface area contributed by atoms with Gasteiger partial charge in [0.2, 0.25) is 0 Å². The summed E-state index contributed by atoms with van der Waals surface area (Å²) in [6, 6.07) is 10.1. The standard InChI is InChI=1S/C17H20N2OS/c1-11(2)14-7-6-12(3)9-15(14)20-10-13-5-4-8-19-16(13)17(18)21/h4-9,11H,10H2,1-3H3,(H2,18,21). The van der Waals surface area contributed by atoms with Crippen LogP contribution in [0.15, 0.2) is 36.5 Å². The minimum atomic E-state index is 0.294. The highest BCUT2D eigenvalue weighted by Crippen LogP contribution is 2.28. The van der Waals surface area contributed by atoms with Gasteiger partial charge in [0.15, 0.2) is 0 Å². The highest BCUT2D eigenvalue weighted by atomic mass is 32.1. The van der Waals surface area contributed by atoms with Gasteiger partial charge in [0.25, 0.3) is 0 Å². The summed E-state index contributed by atoms with van der Waals surface area (Å²) in [4.78, 5) is 4.51. The van der Waals surface area contributed by atoms with Gasteiger partial charge >= 0.3 is 0 Å². The molecule has 0 unspecified atom stereocenters. The van der Waals surface area contributed by atoms with Crippen LogP contribution in [0.25, 0.3) is 0 Å². The molecule has 0 atom stereocenters. The first-order valence-corrected chi connectivity index (χ1v) is 7.37. The fourth-order valence-corrected chi connectivity index (χ4v) is 2.36. The summed E-state index contributed by atoms with van der Waals surface area (Å²) in [5.74, 6) is 1.31. The maximum Gasteiger partial charge on any atom is 0.123 e. The summed E-state index contributed by atoms with van der Waals surface area (Å²) in [7, 11) is 0. The van der Waals surface area contributed by atoms with Gasteiger partial charge in [0.1, 0.15) is 23.0 Å². The van der Waals surface area contributed by atoms with Crippen molar-refractivity contribution in [3.8, 4) is 5.75 Å². The van der Waals surface area contributed by atoms with Crippen LogP contribution >= 0.6 is 12.2 Å². The number of aryl methyl sites for hydroxylation is 1. The van der Waals surface area contributed by atoms with E-state index in [2.05, 4.69) is 44.0 Å². The zero-order valence-corrected chi connectivity index (χ0v) is 13.4. The Morgan fingerprint density at radius 3 is 2.76 bits per heavy atom. The minimum absolute atomic E-state index is 0.294. The number of ether oxygens (including phenoxy) is 1. The summed E-state index contributed by atoms with van der Waals surface area (Å²) in [5, 5.41) is 0. The number of rotatable bonds is 5. The van der Waals surface area contributed by atoms with Crippen LogP contribution in [0, 0.1) is 6.92 Å². The van der Waals surface area contributed by atoms with E-state index in [1.807, 2.05) is 12.1 Å². The average Bonchev–Trinajstić information content (AvgIpc) is 2.45. The summed E-state index contributed by atoms with van der Waals surface area (Å²) in [6.07, 6.45) is 1.68. The second kappa shape index (κ2) is 6.68. The molecule has 1 aromatic heterocycles. The highest BCUT2D eigenvalue weighted by Gasteiger charge is 2.11. The van der Waals surface area contributed by atoms with Gasteiger partial charge in [-0.25, -0.2) is 0 Å². The molecule has 110 valence electrons. The number of hydrogen-bond donors (Lipinski definition) is 1. The van der Waals surface area contributed by atoms with E-state index in [0.29, 0.717) is 23.2 Å². The van der Waals surface area contributed by atoms with E-state index >= 15 is 0 Å². The molecule has 2 rings (SSSR count). The number of thiocarbonyl (C=S) groups is 1. The number of pyridine rings is 1. The fourth-order valence-electron chi connectivity index (χ4n) is 2.18. The summed E-state index contributed by atoms with van der Waals surface area (Å²) < 4.78 is 6.00. The molecule has 3 nitrogen and oxygen atoms in total. The minimum Gasteiger partial charge on any atom is -0.489 e. The molecule has 0 aliphatic heterocycles. The van der Waals surface area contributed by atoms with Crippen molar-refractivity contribution in [3.05, 3.63) is 58.9 Å². The maximum absolute atomic E-state index is 6.00. The number of aromatic nitrogens is 1. The van der Waals surface area contributed by atoms with Gasteiger partial charge in [-0.3, -0.25) is 4.98 Å². The topological polar surface area (TPSA) is 48.1 Å². The Balaban J connectivity index is 2.24. The van der Waals surface area contributed by atoms with Gasteiger partial charge in [0.05, 0.1) is 0 Å². The lowest BCUT2D eigenvalue weighted by Gasteiger charge is -2.15. The zero-order chi connectivity index (χ0) is 15.4. The first-order chi connectivity index (χ1) is 9.99. The van der Waals surface area contributed by atoms with Crippen molar-refractivity contribution in [2.24, 2.45) is 5.73 Å². The van der Waals surface area contributed by atoms with Gasteiger partial charge in [-0.1, -0.05) is 44.3 Å². The molecular weight excluding hydrogens is 280 g/mol. The van der Waals surface area contributed by atoms with Gasteiger partial charge in [-0.2, -0.15) is 0 Å². The van der Waals surface area contributed by atoms with Crippen LogP contribution in [0.5, 0.6) is 5.75 Å². The van der Waals surface area contributed by atoms with Crippen LogP contribution in [0.2, 0.25) is 0 Å². The van der Waals surface area contributed by atoms with E-state index in [9.17, 15) is 0 Å². The molecule has 0 radical (unpaired) electrons. The van der Waals surface area contributed by atoms with E-state index in [0.717, 1.165) is 11.3 Å². The van der Waals surface area contributed by atoms with Crippen molar-refractivity contribution in [2.75, 3.05) is 0 Å². The van der Waals surface area contributed by atoms with Gasteiger partial charge < -0.3 is 10.5 Å². The predicted octanol–water partition coefficient (Wildman–Crippen LogP) is 3.73. The Kier molecular flexibility index (Phi) is 4.91. The molecule has 1 heterocycles. The smallest absolute Gasteiger partial charge is 0.123 e. The molecule has 0 saturated heterocycles. The maximum atomic E-state index is 6.00. The van der Waals surface area contributed by atoms with Crippen molar-refractivity contribution in [3.63, 3.8) is 0 Å². The van der Waals surface area contributed by atoms with Gasteiger partial charge in [0, 0.05) is 11.8 Å². The van der Waals surface area contributed by atoms with Gasteiger partial charge in [-0.05, 0) is 36.1 Å². The monoisotopic (exact) mass is 300 g/mol. The third kappa shape index (κ3) is 3.79. The molecule has 0 saturated carbocycles. The Morgan fingerprint density at radius 2 is 2.10 bits per heavy atom. The van der Waals surface area contributed by atoms with E-state index in [1.165, 1.54) is 11.1 Å². The first-order valence-electron chi connectivity index (χ1n) is 6.96. The van der Waals surface area contributed by atoms with Crippen LogP contribution in [0.3, 0.4) is 0 Å². The van der Waals surface area contributed by atoms with Crippen LogP contribution in [-0.2, 0) is 6.61 Å². The highest BCUT2D eigenvalue weighted by molar-refractivity contribution is 7.80. The first kappa shape index (κ1) is 15.4. The van der Waals surface area contributed by atoms with Crippen molar-refractivity contribution < 1.29 is 4.74 Å². The van der Waals surface area contributed by atoms with Crippen molar-refractivity contribution >= 4 is 17.2 Å². The number of nitrogens with zero attached hydrogens (tertiary/aromatic N) is 1. The molecule has 2 N–H and O–H groups in total. The summed E-state index contributed by atoms with van der Waals surface area (Å²) in [5.41, 5.74) is 9.61. The third-order valence-corrected chi connectivity index (χ3v) is 3.49. The molecule has 21 heavy (non-hydrogen) atoms. The fraction of sp³-hybridized carbons (Fsp3) is 0.294. The quantitative estimate of drug-likeness (QED) is 0.855. The molecule has 0 aliphatic rings. The SMILES string of the molecule is Cc1ccc(C(C)C)c(OCc2cccnc2C(N)=S)c1. The lowest BCUT2D eigenvalue weighted by Crippen LogP contribution is -2.15. The molecule has 2 aromatic rings. The molecule has 0 fully saturated rings. The molecule has 4 heteroatoms. The summed E-state index contributed by atoms with van der Waals surface area (Å²) in [6.45, 7) is 6.77. The van der Waals surface area contributed by atoms with E-state index < -0.39 is 0 Å². The van der Waals surface area contributed by atoms with Crippen LogP contribution in [-0.4, -0.2) is 9.97 Å². The second-order valence-corrected chi connectivity index (χ2v) is 5.80. The van der Waals surface area contributed by atoms with Crippen LogP contribution in [0.1, 0.15) is 42.1 Å². The van der Waals surface area contributed by atoms with Crippen molar-refractivity contribution in [1.82, 2.24) is 4.98 Å². The molecule has 0 bridgehead atoms.